The molecule has 0 fully saturated rings. The smallest absolute Gasteiger partial charge is 0.106 e. The van der Waals surface area contributed by atoms with Crippen molar-refractivity contribution in [2.75, 3.05) is 5.32 Å². The largest absolute Gasteiger partial charge is 0.375 e. The minimum atomic E-state index is -0.0143. The number of nitrogens with one attached hydrogen (secondary N) is 1. The van der Waals surface area contributed by atoms with Crippen LogP contribution in [-0.2, 0) is 0 Å². The Labute approximate surface area is 141 Å². The van der Waals surface area contributed by atoms with Crippen molar-refractivity contribution in [2.45, 2.75) is 13.0 Å². The Morgan fingerprint density at radius 1 is 1.10 bits per heavy atom. The first-order valence-corrected chi connectivity index (χ1v) is 8.31. The molecule has 1 N–H and O–H groups in total. The summed E-state index contributed by atoms with van der Waals surface area (Å²) >= 11 is 20.1. The van der Waals surface area contributed by atoms with Gasteiger partial charge in [-0.2, -0.15) is 0 Å². The van der Waals surface area contributed by atoms with Crippen molar-refractivity contribution < 1.29 is 0 Å². The zero-order valence-electron chi connectivity index (χ0n) is 11.0. The van der Waals surface area contributed by atoms with Crippen LogP contribution in [0, 0.1) is 0 Å². The lowest BCUT2D eigenvalue weighted by Gasteiger charge is -2.18. The minimum Gasteiger partial charge on any atom is -0.375 e. The topological polar surface area (TPSA) is 24.9 Å². The predicted molar refractivity (Wildman–Crippen MR) is 93.1 cm³/mol. The third kappa shape index (κ3) is 2.97. The van der Waals surface area contributed by atoms with Crippen molar-refractivity contribution in [1.29, 1.82) is 0 Å². The Balaban J connectivity index is 1.98. The second-order valence-corrected chi connectivity index (χ2v) is 6.79. The van der Waals surface area contributed by atoms with Crippen molar-refractivity contribution in [3.8, 4) is 0 Å². The molecule has 1 heterocycles. The zero-order valence-corrected chi connectivity index (χ0v) is 14.1. The summed E-state index contributed by atoms with van der Waals surface area (Å²) in [6, 6.07) is 9.31. The van der Waals surface area contributed by atoms with E-state index >= 15 is 0 Å². The molecule has 0 spiro atoms. The van der Waals surface area contributed by atoms with E-state index < -0.39 is 0 Å². The summed E-state index contributed by atoms with van der Waals surface area (Å²) < 4.78 is 1.09. The molecule has 0 aliphatic rings. The van der Waals surface area contributed by atoms with Crippen LogP contribution in [-0.4, -0.2) is 4.98 Å². The highest BCUT2D eigenvalue weighted by molar-refractivity contribution is 7.16. The lowest BCUT2D eigenvalue weighted by Crippen LogP contribution is -2.08. The molecular weight excluding hydrogens is 347 g/mol. The number of thiazole rings is 1. The van der Waals surface area contributed by atoms with E-state index in [2.05, 4.69) is 10.3 Å². The maximum Gasteiger partial charge on any atom is 0.106 e. The quantitative estimate of drug-likeness (QED) is 0.584. The number of benzene rings is 2. The molecule has 1 unspecified atom stereocenters. The van der Waals surface area contributed by atoms with Gasteiger partial charge in [-0.3, -0.25) is 0 Å². The van der Waals surface area contributed by atoms with Gasteiger partial charge in [0.1, 0.15) is 5.52 Å². The maximum absolute atomic E-state index is 6.30. The molecule has 0 aliphatic carbocycles. The molecule has 6 heteroatoms. The van der Waals surface area contributed by atoms with E-state index in [1.807, 2.05) is 36.7 Å². The van der Waals surface area contributed by atoms with Crippen LogP contribution < -0.4 is 5.32 Å². The molecule has 2 nitrogen and oxygen atoms in total. The van der Waals surface area contributed by atoms with Crippen LogP contribution >= 0.6 is 46.1 Å². The lowest BCUT2D eigenvalue weighted by molar-refractivity contribution is 0.886. The number of hydrogen-bond acceptors (Lipinski definition) is 3. The molecule has 2 aromatic carbocycles. The summed E-state index contributed by atoms with van der Waals surface area (Å²) in [7, 11) is 0. The fraction of sp³-hybridized carbons (Fsp3) is 0.133. The predicted octanol–water partition coefficient (Wildman–Crippen LogP) is 6.43. The first-order chi connectivity index (χ1) is 10.1. The van der Waals surface area contributed by atoms with Gasteiger partial charge in [0.05, 0.1) is 27.0 Å². The number of nitrogens with zero attached hydrogens (tertiary/aromatic N) is 1. The van der Waals surface area contributed by atoms with Gasteiger partial charge >= 0.3 is 0 Å². The van der Waals surface area contributed by atoms with E-state index in [1.165, 1.54) is 0 Å². The lowest BCUT2D eigenvalue weighted by atomic mass is 10.1. The molecule has 0 bridgehead atoms. The van der Waals surface area contributed by atoms with Crippen LogP contribution in [0.5, 0.6) is 0 Å². The molecule has 0 amide bonds. The van der Waals surface area contributed by atoms with Crippen LogP contribution in [0.1, 0.15) is 18.5 Å². The second kappa shape index (κ2) is 6.01. The third-order valence-electron chi connectivity index (χ3n) is 3.24. The van der Waals surface area contributed by atoms with Crippen molar-refractivity contribution in [2.24, 2.45) is 0 Å². The summed E-state index contributed by atoms with van der Waals surface area (Å²) in [5.41, 5.74) is 4.48. The highest BCUT2D eigenvalue weighted by atomic mass is 35.5. The van der Waals surface area contributed by atoms with Crippen molar-refractivity contribution >= 4 is 62.0 Å². The number of fused-ring (bicyclic) bond motifs is 1. The SMILES string of the molecule is CC(Nc1c(Cl)ccc2scnc12)c1ccc(Cl)cc1Cl. The Hall–Kier alpha value is -1.000. The van der Waals surface area contributed by atoms with Crippen molar-refractivity contribution in [3.05, 3.63) is 56.5 Å². The van der Waals surface area contributed by atoms with Crippen molar-refractivity contribution in [3.63, 3.8) is 0 Å². The van der Waals surface area contributed by atoms with Crippen LogP contribution in [0.2, 0.25) is 15.1 Å². The Morgan fingerprint density at radius 2 is 1.90 bits per heavy atom. The average Bonchev–Trinajstić information content (AvgIpc) is 2.90. The zero-order chi connectivity index (χ0) is 15.0. The maximum atomic E-state index is 6.30. The molecule has 0 saturated heterocycles. The van der Waals surface area contributed by atoms with Gasteiger partial charge < -0.3 is 5.32 Å². The van der Waals surface area contributed by atoms with Gasteiger partial charge in [0.2, 0.25) is 0 Å². The number of rotatable bonds is 3. The van der Waals surface area contributed by atoms with Crippen LogP contribution in [0.4, 0.5) is 5.69 Å². The minimum absolute atomic E-state index is 0.0143. The molecular formula is C15H11Cl3N2S. The average molecular weight is 358 g/mol. The molecule has 108 valence electrons. The van der Waals surface area contributed by atoms with Crippen LogP contribution in [0.3, 0.4) is 0 Å². The summed E-state index contributed by atoms with van der Waals surface area (Å²) in [4.78, 5) is 4.38. The first-order valence-electron chi connectivity index (χ1n) is 6.29. The van der Waals surface area contributed by atoms with E-state index in [-0.39, 0.29) is 6.04 Å². The Bertz CT molecular complexity index is 801. The number of hydrogen-bond donors (Lipinski definition) is 1. The summed E-state index contributed by atoms with van der Waals surface area (Å²) in [5.74, 6) is 0. The van der Waals surface area contributed by atoms with E-state index in [0.717, 1.165) is 21.5 Å². The molecule has 1 atom stereocenters. The monoisotopic (exact) mass is 356 g/mol. The van der Waals surface area contributed by atoms with Gasteiger partial charge in [0.15, 0.2) is 0 Å². The van der Waals surface area contributed by atoms with Gasteiger partial charge in [-0.15, -0.1) is 11.3 Å². The second-order valence-electron chi connectivity index (χ2n) is 4.65. The van der Waals surface area contributed by atoms with Gasteiger partial charge in [0.25, 0.3) is 0 Å². The molecule has 0 aliphatic heterocycles. The van der Waals surface area contributed by atoms with Gasteiger partial charge in [-0.25, -0.2) is 4.98 Å². The Morgan fingerprint density at radius 3 is 2.67 bits per heavy atom. The molecule has 0 saturated carbocycles. The van der Waals surface area contributed by atoms with Gasteiger partial charge in [-0.1, -0.05) is 40.9 Å². The fourth-order valence-corrected chi connectivity index (χ4v) is 3.65. The molecule has 3 aromatic rings. The normalized spacial score (nSPS) is 12.6. The fourth-order valence-electron chi connectivity index (χ4n) is 2.19. The number of anilines is 1. The van der Waals surface area contributed by atoms with E-state index in [4.69, 9.17) is 34.8 Å². The van der Waals surface area contributed by atoms with Gasteiger partial charge in [0, 0.05) is 10.0 Å². The van der Waals surface area contributed by atoms with E-state index in [0.29, 0.717) is 15.1 Å². The molecule has 1 aromatic heterocycles. The van der Waals surface area contributed by atoms with Crippen LogP contribution in [0.25, 0.3) is 10.2 Å². The summed E-state index contributed by atoms with van der Waals surface area (Å²) in [6.07, 6.45) is 0. The first kappa shape index (κ1) is 14.9. The summed E-state index contributed by atoms with van der Waals surface area (Å²) in [5, 5.41) is 5.29. The summed E-state index contributed by atoms with van der Waals surface area (Å²) in [6.45, 7) is 2.02. The number of halogens is 3. The highest BCUT2D eigenvalue weighted by Crippen LogP contribution is 2.36. The van der Waals surface area contributed by atoms with E-state index in [9.17, 15) is 0 Å². The van der Waals surface area contributed by atoms with Crippen LogP contribution in [0.15, 0.2) is 35.8 Å². The standard InChI is InChI=1S/C15H11Cl3N2S/c1-8(10-3-2-9(16)6-12(10)18)20-14-11(17)4-5-13-15(14)19-7-21-13/h2-8,20H,1H3. The number of aromatic nitrogens is 1. The Kier molecular flexibility index (Phi) is 4.27. The third-order valence-corrected chi connectivity index (χ3v) is 4.91. The van der Waals surface area contributed by atoms with Crippen molar-refractivity contribution in [1.82, 2.24) is 4.98 Å². The highest BCUT2D eigenvalue weighted by Gasteiger charge is 2.14. The molecule has 3 rings (SSSR count). The molecule has 0 radical (unpaired) electrons. The van der Waals surface area contributed by atoms with Gasteiger partial charge in [-0.05, 0) is 36.8 Å². The molecule has 21 heavy (non-hydrogen) atoms. The van der Waals surface area contributed by atoms with E-state index in [1.54, 1.807) is 17.4 Å².